The first kappa shape index (κ1) is 23.9. The molecule has 0 spiro atoms. The molecule has 1 aromatic rings. The van der Waals surface area contributed by atoms with Gasteiger partial charge in [-0.05, 0) is 42.6 Å². The van der Waals surface area contributed by atoms with Gasteiger partial charge in [0.2, 0.25) is 17.7 Å². The lowest BCUT2D eigenvalue weighted by atomic mass is 9.84. The Balaban J connectivity index is 2.04. The Morgan fingerprint density at radius 2 is 1.87 bits per heavy atom. The predicted octanol–water partition coefficient (Wildman–Crippen LogP) is 2.96. The fraction of sp³-hybridized carbons (Fsp3) is 0.625. The number of carbonyl (C=O) groups is 3. The number of hydrogen-bond donors (Lipinski definition) is 3. The zero-order valence-electron chi connectivity index (χ0n) is 18.8. The lowest BCUT2D eigenvalue weighted by Crippen LogP contribution is -2.54. The first-order valence-electron chi connectivity index (χ1n) is 11.1. The van der Waals surface area contributed by atoms with Crippen LogP contribution in [0.2, 0.25) is 0 Å². The maximum Gasteiger partial charge on any atom is 0.243 e. The largest absolute Gasteiger partial charge is 0.354 e. The fourth-order valence-corrected chi connectivity index (χ4v) is 4.10. The topological polar surface area (TPSA) is 87.3 Å². The van der Waals surface area contributed by atoms with E-state index in [4.69, 9.17) is 0 Å². The summed E-state index contributed by atoms with van der Waals surface area (Å²) < 4.78 is 0. The third-order valence-corrected chi connectivity index (χ3v) is 5.28. The molecular formula is C24H37N3O3. The van der Waals surface area contributed by atoms with E-state index in [0.717, 1.165) is 24.8 Å². The highest BCUT2D eigenvalue weighted by Crippen LogP contribution is 2.25. The highest BCUT2D eigenvalue weighted by Gasteiger charge is 2.28. The minimum Gasteiger partial charge on any atom is -0.354 e. The molecule has 30 heavy (non-hydrogen) atoms. The van der Waals surface area contributed by atoms with Gasteiger partial charge < -0.3 is 16.0 Å². The summed E-state index contributed by atoms with van der Waals surface area (Å²) in [6.45, 7) is 9.18. The van der Waals surface area contributed by atoms with Crippen molar-refractivity contribution in [3.63, 3.8) is 0 Å². The molecule has 1 heterocycles. The normalized spacial score (nSPS) is 19.2. The monoisotopic (exact) mass is 415 g/mol. The van der Waals surface area contributed by atoms with Crippen molar-refractivity contribution in [3.05, 3.63) is 35.9 Å². The summed E-state index contributed by atoms with van der Waals surface area (Å²) in [5.41, 5.74) is 1.11. The molecule has 1 saturated heterocycles. The summed E-state index contributed by atoms with van der Waals surface area (Å²) in [7, 11) is 0. The number of hydrogen-bond acceptors (Lipinski definition) is 3. The minimum absolute atomic E-state index is 0.131. The van der Waals surface area contributed by atoms with Crippen LogP contribution in [0.5, 0.6) is 0 Å². The Bertz CT molecular complexity index is 712. The zero-order chi connectivity index (χ0) is 22.1. The molecule has 0 radical (unpaired) electrons. The Hall–Kier alpha value is -2.37. The van der Waals surface area contributed by atoms with Gasteiger partial charge in [0, 0.05) is 19.4 Å². The van der Waals surface area contributed by atoms with Crippen LogP contribution < -0.4 is 16.0 Å². The summed E-state index contributed by atoms with van der Waals surface area (Å²) in [6, 6.07) is 8.36. The van der Waals surface area contributed by atoms with Crippen LogP contribution in [0.1, 0.15) is 65.4 Å². The van der Waals surface area contributed by atoms with Crippen LogP contribution in [0.25, 0.3) is 0 Å². The summed E-state index contributed by atoms with van der Waals surface area (Å²) in [4.78, 5) is 37.9. The van der Waals surface area contributed by atoms with E-state index in [1.54, 1.807) is 0 Å². The van der Waals surface area contributed by atoms with E-state index in [-0.39, 0.29) is 29.1 Å². The number of benzene rings is 1. The second-order valence-electron chi connectivity index (χ2n) is 9.73. The van der Waals surface area contributed by atoms with E-state index < -0.39 is 12.1 Å². The molecule has 0 aromatic heterocycles. The minimum atomic E-state index is -0.710. The second-order valence-corrected chi connectivity index (χ2v) is 9.73. The molecule has 3 atom stereocenters. The maximum atomic E-state index is 13.0. The van der Waals surface area contributed by atoms with Crippen molar-refractivity contribution in [2.24, 2.45) is 11.3 Å². The summed E-state index contributed by atoms with van der Waals surface area (Å²) in [5, 5.41) is 8.62. The first-order chi connectivity index (χ1) is 14.1. The van der Waals surface area contributed by atoms with Crippen LogP contribution in [-0.4, -0.2) is 36.3 Å². The quantitative estimate of drug-likeness (QED) is 0.610. The molecule has 0 saturated carbocycles. The van der Waals surface area contributed by atoms with Gasteiger partial charge in [-0.1, -0.05) is 58.0 Å². The highest BCUT2D eigenvalue weighted by atomic mass is 16.2. The van der Waals surface area contributed by atoms with Crippen LogP contribution >= 0.6 is 0 Å². The molecule has 0 bridgehead atoms. The molecule has 3 amide bonds. The van der Waals surface area contributed by atoms with E-state index in [2.05, 4.69) is 43.6 Å². The van der Waals surface area contributed by atoms with Crippen molar-refractivity contribution >= 4 is 17.7 Å². The van der Waals surface area contributed by atoms with E-state index in [1.807, 2.05) is 30.3 Å². The van der Waals surface area contributed by atoms with Gasteiger partial charge >= 0.3 is 0 Å². The van der Waals surface area contributed by atoms with E-state index >= 15 is 0 Å². The average molecular weight is 416 g/mol. The molecule has 3 N–H and O–H groups in total. The first-order valence-corrected chi connectivity index (χ1v) is 11.1. The molecule has 1 aromatic carbocycles. The van der Waals surface area contributed by atoms with Gasteiger partial charge in [0.05, 0.1) is 0 Å². The second kappa shape index (κ2) is 11.1. The number of nitrogens with one attached hydrogen (secondary N) is 3. The van der Waals surface area contributed by atoms with E-state index in [0.29, 0.717) is 25.8 Å². The molecule has 1 aliphatic heterocycles. The van der Waals surface area contributed by atoms with Crippen molar-refractivity contribution in [2.45, 2.75) is 78.3 Å². The van der Waals surface area contributed by atoms with Gasteiger partial charge in [-0.25, -0.2) is 0 Å². The van der Waals surface area contributed by atoms with Crippen LogP contribution in [0.4, 0.5) is 0 Å². The molecule has 2 rings (SSSR count). The maximum absolute atomic E-state index is 13.0. The van der Waals surface area contributed by atoms with Crippen molar-refractivity contribution in [3.8, 4) is 0 Å². The molecular weight excluding hydrogens is 378 g/mol. The third-order valence-electron chi connectivity index (χ3n) is 5.28. The summed E-state index contributed by atoms with van der Waals surface area (Å²) >= 11 is 0. The van der Waals surface area contributed by atoms with Crippen molar-refractivity contribution < 1.29 is 14.4 Å². The highest BCUT2D eigenvalue weighted by molar-refractivity contribution is 5.92. The smallest absolute Gasteiger partial charge is 0.243 e. The van der Waals surface area contributed by atoms with E-state index in [9.17, 15) is 14.4 Å². The molecule has 0 unspecified atom stereocenters. The van der Waals surface area contributed by atoms with Crippen molar-refractivity contribution in [1.29, 1.82) is 0 Å². The Kier molecular flexibility index (Phi) is 8.88. The van der Waals surface area contributed by atoms with Gasteiger partial charge in [0.1, 0.15) is 12.1 Å². The summed E-state index contributed by atoms with van der Waals surface area (Å²) in [5.74, 6) is -0.367. The fourth-order valence-electron chi connectivity index (χ4n) is 4.10. The van der Waals surface area contributed by atoms with Gasteiger partial charge in [-0.2, -0.15) is 0 Å². The lowest BCUT2D eigenvalue weighted by molar-refractivity contribution is -0.132. The number of rotatable bonds is 8. The lowest BCUT2D eigenvalue weighted by Gasteiger charge is -2.25. The molecule has 0 aliphatic carbocycles. The van der Waals surface area contributed by atoms with E-state index in [1.165, 1.54) is 0 Å². The van der Waals surface area contributed by atoms with Crippen molar-refractivity contribution in [1.82, 2.24) is 16.0 Å². The number of amides is 3. The molecule has 6 nitrogen and oxygen atoms in total. The SMILES string of the molecule is C[C@H](CC(=O)N[C@H](Cc1ccccc1)C(=O)N[C@@H]1CCCCNC1=O)CC(C)(C)C. The third kappa shape index (κ3) is 8.56. The molecule has 166 valence electrons. The number of carbonyl (C=O) groups excluding carboxylic acids is 3. The molecule has 1 aliphatic rings. The zero-order valence-corrected chi connectivity index (χ0v) is 18.8. The Morgan fingerprint density at radius 1 is 1.17 bits per heavy atom. The van der Waals surface area contributed by atoms with Crippen molar-refractivity contribution in [2.75, 3.05) is 6.54 Å². The van der Waals surface area contributed by atoms with Crippen LogP contribution in [0, 0.1) is 11.3 Å². The van der Waals surface area contributed by atoms with Crippen LogP contribution in [-0.2, 0) is 20.8 Å². The Labute approximate surface area is 180 Å². The van der Waals surface area contributed by atoms with Gasteiger partial charge in [0.25, 0.3) is 0 Å². The van der Waals surface area contributed by atoms with Gasteiger partial charge in [-0.3, -0.25) is 14.4 Å². The molecule has 1 fully saturated rings. The standard InChI is InChI=1S/C24H37N3O3/c1-17(16-24(2,3)4)14-21(28)26-20(15-18-10-6-5-7-11-18)23(30)27-19-12-8-9-13-25-22(19)29/h5-7,10-11,17,19-20H,8-9,12-16H2,1-4H3,(H,25,29)(H,26,28)(H,27,30)/t17-,19-,20-/m1/s1. The Morgan fingerprint density at radius 3 is 2.53 bits per heavy atom. The predicted molar refractivity (Wildman–Crippen MR) is 119 cm³/mol. The van der Waals surface area contributed by atoms with Crippen LogP contribution in [0.15, 0.2) is 30.3 Å². The molecule has 6 heteroatoms. The van der Waals surface area contributed by atoms with Crippen LogP contribution in [0.3, 0.4) is 0 Å². The van der Waals surface area contributed by atoms with Gasteiger partial charge in [0.15, 0.2) is 0 Å². The summed E-state index contributed by atoms with van der Waals surface area (Å²) in [6.07, 6.45) is 4.10. The average Bonchev–Trinajstić information content (AvgIpc) is 2.84. The van der Waals surface area contributed by atoms with Gasteiger partial charge in [-0.15, -0.1) is 0 Å².